The van der Waals surface area contributed by atoms with Crippen molar-refractivity contribution >= 4 is 23.4 Å². The van der Waals surface area contributed by atoms with Crippen molar-refractivity contribution in [2.24, 2.45) is 0 Å². The van der Waals surface area contributed by atoms with E-state index in [1.165, 1.54) is 23.2 Å². The molecule has 0 saturated carbocycles. The maximum atomic E-state index is 15.0. The maximum Gasteiger partial charge on any atom is 0.255 e. The lowest BCUT2D eigenvalue weighted by atomic mass is 10.0. The van der Waals surface area contributed by atoms with Crippen molar-refractivity contribution in [1.29, 1.82) is 0 Å². The van der Waals surface area contributed by atoms with E-state index in [1.54, 1.807) is 12.1 Å². The number of rotatable bonds is 4. The number of amides is 3. The van der Waals surface area contributed by atoms with Crippen LogP contribution in [0.3, 0.4) is 0 Å². The molecule has 3 aliphatic heterocycles. The van der Waals surface area contributed by atoms with Crippen LogP contribution >= 0.6 is 0 Å². The zero-order valence-corrected chi connectivity index (χ0v) is 17.9. The summed E-state index contributed by atoms with van der Waals surface area (Å²) in [4.78, 5) is 46.1. The number of hydrogen-bond acceptors (Lipinski definition) is 6. The molecular weight excluding hydrogens is 432 g/mol. The van der Waals surface area contributed by atoms with Gasteiger partial charge in [-0.15, -0.1) is 0 Å². The fourth-order valence-electron chi connectivity index (χ4n) is 4.69. The number of aromatic nitrogens is 1. The first-order valence-electron chi connectivity index (χ1n) is 10.9. The number of nitrogens with zero attached hydrogens (tertiary/aromatic N) is 4. The van der Waals surface area contributed by atoms with Crippen LogP contribution in [-0.4, -0.2) is 64.7 Å². The molecule has 3 aliphatic rings. The Labute approximate surface area is 189 Å². The van der Waals surface area contributed by atoms with Crippen molar-refractivity contribution in [3.8, 4) is 0 Å². The number of halogens is 2. The van der Waals surface area contributed by atoms with Gasteiger partial charge in [0.1, 0.15) is 17.7 Å². The summed E-state index contributed by atoms with van der Waals surface area (Å²) in [5.41, 5.74) is 2.16. The van der Waals surface area contributed by atoms with Crippen LogP contribution in [0, 0.1) is 11.6 Å². The Morgan fingerprint density at radius 2 is 1.85 bits per heavy atom. The molecule has 2 saturated heterocycles. The molecule has 10 heteroatoms. The minimum Gasteiger partial charge on any atom is -0.367 e. The second-order valence-corrected chi connectivity index (χ2v) is 8.59. The zero-order valence-electron chi connectivity index (χ0n) is 17.9. The Kier molecular flexibility index (Phi) is 5.53. The Bertz CT molecular complexity index is 1120. The third kappa shape index (κ3) is 4.18. The predicted molar refractivity (Wildman–Crippen MR) is 114 cm³/mol. The first-order valence-corrected chi connectivity index (χ1v) is 10.9. The quantitative estimate of drug-likeness (QED) is 0.703. The summed E-state index contributed by atoms with van der Waals surface area (Å²) in [5.74, 6) is -2.06. The monoisotopic (exact) mass is 455 g/mol. The van der Waals surface area contributed by atoms with E-state index in [4.69, 9.17) is 0 Å². The summed E-state index contributed by atoms with van der Waals surface area (Å²) in [7, 11) is 0. The van der Waals surface area contributed by atoms with Crippen LogP contribution in [0.25, 0.3) is 0 Å². The van der Waals surface area contributed by atoms with E-state index in [-0.39, 0.29) is 42.6 Å². The highest BCUT2D eigenvalue weighted by Crippen LogP contribution is 2.33. The summed E-state index contributed by atoms with van der Waals surface area (Å²) in [6.07, 6.45) is 1.64. The average Bonchev–Trinajstić information content (AvgIpc) is 3.11. The van der Waals surface area contributed by atoms with E-state index in [1.807, 2.05) is 4.90 Å². The first-order chi connectivity index (χ1) is 15.9. The van der Waals surface area contributed by atoms with Crippen LogP contribution in [0.2, 0.25) is 0 Å². The molecular formula is C23H23F2N5O3. The topological polar surface area (TPSA) is 85.9 Å². The van der Waals surface area contributed by atoms with Crippen molar-refractivity contribution in [1.82, 2.24) is 20.1 Å². The standard InChI is InChI=1S/C23H23F2N5O3/c24-15-1-2-16(26-11-15)13-28-5-7-29(8-6-28)20-9-14-12-30(23(33)17(14)10-18(20)25)19-3-4-21(31)27-22(19)32/h1-2,9-11,19H,3-8,12-13H2,(H,27,31,32). The fourth-order valence-corrected chi connectivity index (χ4v) is 4.69. The van der Waals surface area contributed by atoms with Gasteiger partial charge in [-0.3, -0.25) is 29.6 Å². The molecule has 4 heterocycles. The number of fused-ring (bicyclic) bond motifs is 1. The minimum atomic E-state index is -0.724. The summed E-state index contributed by atoms with van der Waals surface area (Å²) in [5, 5.41) is 2.27. The molecule has 3 amide bonds. The highest BCUT2D eigenvalue weighted by Gasteiger charge is 2.39. The number of piperidine rings is 1. The second kappa shape index (κ2) is 8.51. The number of carbonyl (C=O) groups is 3. The van der Waals surface area contributed by atoms with Crippen LogP contribution in [0.1, 0.15) is 34.5 Å². The van der Waals surface area contributed by atoms with Gasteiger partial charge in [-0.25, -0.2) is 8.78 Å². The number of imide groups is 1. The molecule has 2 aromatic rings. The number of nitrogens with one attached hydrogen (secondary N) is 1. The van der Waals surface area contributed by atoms with Gasteiger partial charge < -0.3 is 9.80 Å². The van der Waals surface area contributed by atoms with E-state index in [2.05, 4.69) is 15.2 Å². The van der Waals surface area contributed by atoms with Crippen molar-refractivity contribution in [2.75, 3.05) is 31.1 Å². The lowest BCUT2D eigenvalue weighted by molar-refractivity contribution is -0.136. The summed E-state index contributed by atoms with van der Waals surface area (Å²) in [6.45, 7) is 3.39. The second-order valence-electron chi connectivity index (χ2n) is 8.59. The molecule has 0 bridgehead atoms. The van der Waals surface area contributed by atoms with Crippen molar-refractivity contribution in [3.63, 3.8) is 0 Å². The molecule has 0 spiro atoms. The number of pyridine rings is 1. The summed E-state index contributed by atoms with van der Waals surface area (Å²) < 4.78 is 28.0. The van der Waals surface area contributed by atoms with Crippen LogP contribution in [-0.2, 0) is 22.7 Å². The average molecular weight is 455 g/mol. The summed E-state index contributed by atoms with van der Waals surface area (Å²) >= 11 is 0. The molecule has 0 aliphatic carbocycles. The Morgan fingerprint density at radius 3 is 2.55 bits per heavy atom. The zero-order chi connectivity index (χ0) is 23.1. The van der Waals surface area contributed by atoms with Gasteiger partial charge in [-0.05, 0) is 36.2 Å². The molecule has 5 rings (SSSR count). The normalized spacial score (nSPS) is 21.4. The van der Waals surface area contributed by atoms with Gasteiger partial charge in [0.15, 0.2) is 0 Å². The van der Waals surface area contributed by atoms with Gasteiger partial charge in [0.05, 0.1) is 17.6 Å². The molecule has 1 N–H and O–H groups in total. The highest BCUT2D eigenvalue weighted by atomic mass is 19.1. The van der Waals surface area contributed by atoms with E-state index in [9.17, 15) is 23.2 Å². The van der Waals surface area contributed by atoms with Gasteiger partial charge in [-0.1, -0.05) is 0 Å². The maximum absolute atomic E-state index is 15.0. The molecule has 1 unspecified atom stereocenters. The van der Waals surface area contributed by atoms with Gasteiger partial charge in [0.25, 0.3) is 5.91 Å². The number of benzene rings is 1. The molecule has 172 valence electrons. The van der Waals surface area contributed by atoms with Gasteiger partial charge in [0, 0.05) is 51.3 Å². The van der Waals surface area contributed by atoms with Crippen LogP contribution in [0.5, 0.6) is 0 Å². The van der Waals surface area contributed by atoms with E-state index in [0.717, 1.165) is 5.69 Å². The highest BCUT2D eigenvalue weighted by molar-refractivity contribution is 6.05. The van der Waals surface area contributed by atoms with E-state index >= 15 is 0 Å². The van der Waals surface area contributed by atoms with Crippen molar-refractivity contribution < 1.29 is 23.2 Å². The molecule has 33 heavy (non-hydrogen) atoms. The Hall–Kier alpha value is -3.40. The first kappa shape index (κ1) is 21.4. The Morgan fingerprint density at radius 1 is 1.06 bits per heavy atom. The molecule has 1 atom stereocenters. The van der Waals surface area contributed by atoms with Gasteiger partial charge in [0.2, 0.25) is 11.8 Å². The number of piperazine rings is 1. The van der Waals surface area contributed by atoms with Crippen LogP contribution < -0.4 is 10.2 Å². The molecule has 1 aromatic heterocycles. The third-order valence-electron chi connectivity index (χ3n) is 6.48. The minimum absolute atomic E-state index is 0.174. The smallest absolute Gasteiger partial charge is 0.255 e. The predicted octanol–water partition coefficient (Wildman–Crippen LogP) is 1.44. The molecule has 1 aromatic carbocycles. The largest absolute Gasteiger partial charge is 0.367 e. The third-order valence-corrected chi connectivity index (χ3v) is 6.48. The van der Waals surface area contributed by atoms with Gasteiger partial charge >= 0.3 is 0 Å². The molecule has 2 fully saturated rings. The lowest BCUT2D eigenvalue weighted by Crippen LogP contribution is -2.52. The van der Waals surface area contributed by atoms with Crippen LogP contribution in [0.4, 0.5) is 14.5 Å². The number of anilines is 1. The van der Waals surface area contributed by atoms with Crippen molar-refractivity contribution in [3.05, 3.63) is 58.9 Å². The molecule has 8 nitrogen and oxygen atoms in total. The Balaban J connectivity index is 1.26. The fraction of sp³-hybridized carbons (Fsp3) is 0.391. The summed E-state index contributed by atoms with van der Waals surface area (Å²) in [6, 6.07) is 5.28. The number of hydrogen-bond donors (Lipinski definition) is 1. The SMILES string of the molecule is O=C1CCC(N2Cc3cc(N4CCN(Cc5ccc(F)cn5)CC4)c(F)cc3C2=O)C(=O)N1. The van der Waals surface area contributed by atoms with Crippen LogP contribution in [0.15, 0.2) is 30.5 Å². The van der Waals surface area contributed by atoms with Gasteiger partial charge in [-0.2, -0.15) is 0 Å². The molecule has 0 radical (unpaired) electrons. The number of carbonyl (C=O) groups excluding carboxylic acids is 3. The van der Waals surface area contributed by atoms with Crippen molar-refractivity contribution in [2.45, 2.75) is 32.0 Å². The lowest BCUT2D eigenvalue weighted by Gasteiger charge is -2.36. The van der Waals surface area contributed by atoms with E-state index < -0.39 is 17.8 Å². The van der Waals surface area contributed by atoms with E-state index in [0.29, 0.717) is 44.0 Å².